The zero-order valence-electron chi connectivity index (χ0n) is 11.7. The minimum Gasteiger partial charge on any atom is -0.484 e. The van der Waals surface area contributed by atoms with Gasteiger partial charge in [0.05, 0.1) is 5.69 Å². The van der Waals surface area contributed by atoms with Gasteiger partial charge < -0.3 is 15.0 Å². The lowest BCUT2D eigenvalue weighted by Gasteiger charge is -2.08. The monoisotopic (exact) mass is 280 g/mol. The van der Waals surface area contributed by atoms with Crippen LogP contribution >= 0.6 is 0 Å². The second-order valence-corrected chi connectivity index (χ2v) is 4.87. The molecule has 0 aliphatic rings. The number of anilines is 1. The van der Waals surface area contributed by atoms with Crippen molar-refractivity contribution in [3.63, 3.8) is 0 Å². The van der Waals surface area contributed by atoms with E-state index in [4.69, 9.17) is 4.74 Å². The maximum Gasteiger partial charge on any atom is 0.262 e. The predicted octanol–water partition coefficient (Wildman–Crippen LogP) is 3.49. The minimum atomic E-state index is -0.176. The van der Waals surface area contributed by atoms with Gasteiger partial charge in [-0.1, -0.05) is 24.3 Å². The molecule has 3 rings (SSSR count). The molecule has 0 fully saturated rings. The number of rotatable bonds is 4. The Hall–Kier alpha value is -2.75. The summed E-state index contributed by atoms with van der Waals surface area (Å²) in [5.74, 6) is 0.508. The summed E-state index contributed by atoms with van der Waals surface area (Å²) in [6, 6.07) is 17.1. The number of aromatic nitrogens is 1. The van der Waals surface area contributed by atoms with Crippen LogP contribution in [0.2, 0.25) is 0 Å². The molecule has 3 aromatic rings. The van der Waals surface area contributed by atoms with Crippen LogP contribution in [0.5, 0.6) is 5.75 Å². The fourth-order valence-corrected chi connectivity index (χ4v) is 2.26. The number of carbonyl (C=O) groups excluding carboxylic acids is 1. The molecule has 2 aromatic carbocycles. The lowest BCUT2D eigenvalue weighted by atomic mass is 10.2. The summed E-state index contributed by atoms with van der Waals surface area (Å²) in [6.45, 7) is 1.98. The first-order chi connectivity index (χ1) is 10.2. The van der Waals surface area contributed by atoms with Gasteiger partial charge in [-0.2, -0.15) is 0 Å². The Morgan fingerprint density at radius 3 is 2.76 bits per heavy atom. The second-order valence-electron chi connectivity index (χ2n) is 4.87. The highest BCUT2D eigenvalue weighted by Crippen LogP contribution is 2.23. The van der Waals surface area contributed by atoms with Crippen LogP contribution in [-0.2, 0) is 4.79 Å². The molecule has 21 heavy (non-hydrogen) atoms. The van der Waals surface area contributed by atoms with Crippen molar-refractivity contribution in [1.29, 1.82) is 0 Å². The lowest BCUT2D eigenvalue weighted by Crippen LogP contribution is -2.20. The largest absolute Gasteiger partial charge is 0.484 e. The Kier molecular flexibility index (Phi) is 3.60. The van der Waals surface area contributed by atoms with Crippen LogP contribution in [0.3, 0.4) is 0 Å². The van der Waals surface area contributed by atoms with E-state index in [9.17, 15) is 4.79 Å². The smallest absolute Gasteiger partial charge is 0.262 e. The van der Waals surface area contributed by atoms with Crippen LogP contribution in [0, 0.1) is 6.92 Å². The van der Waals surface area contributed by atoms with Crippen molar-refractivity contribution in [3.05, 3.63) is 60.3 Å². The van der Waals surface area contributed by atoms with Crippen molar-refractivity contribution in [1.82, 2.24) is 4.98 Å². The van der Waals surface area contributed by atoms with Crippen molar-refractivity contribution in [3.8, 4) is 5.75 Å². The highest BCUT2D eigenvalue weighted by molar-refractivity contribution is 6.02. The Bertz CT molecular complexity index is 763. The molecule has 0 aliphatic heterocycles. The molecule has 0 saturated heterocycles. The molecule has 0 bridgehead atoms. The first-order valence-electron chi connectivity index (χ1n) is 6.78. The molecule has 0 aliphatic carbocycles. The number of hydrogen-bond acceptors (Lipinski definition) is 2. The average Bonchev–Trinajstić information content (AvgIpc) is 2.88. The van der Waals surface area contributed by atoms with E-state index in [-0.39, 0.29) is 12.5 Å². The summed E-state index contributed by atoms with van der Waals surface area (Å²) in [5, 5.41) is 3.89. The number of aromatic amines is 1. The van der Waals surface area contributed by atoms with Crippen molar-refractivity contribution in [2.45, 2.75) is 6.92 Å². The van der Waals surface area contributed by atoms with E-state index in [0.717, 1.165) is 22.3 Å². The summed E-state index contributed by atoms with van der Waals surface area (Å²) >= 11 is 0. The number of para-hydroxylation sites is 1. The van der Waals surface area contributed by atoms with Gasteiger partial charge in [0.2, 0.25) is 0 Å². The first kappa shape index (κ1) is 13.2. The van der Waals surface area contributed by atoms with Gasteiger partial charge in [0.15, 0.2) is 6.61 Å². The molecular weight excluding hydrogens is 264 g/mol. The number of amides is 1. The zero-order chi connectivity index (χ0) is 14.7. The van der Waals surface area contributed by atoms with Crippen LogP contribution in [0.25, 0.3) is 10.9 Å². The molecule has 1 heterocycles. The van der Waals surface area contributed by atoms with E-state index >= 15 is 0 Å². The third-order valence-corrected chi connectivity index (χ3v) is 3.19. The maximum absolute atomic E-state index is 12.0. The fourth-order valence-electron chi connectivity index (χ4n) is 2.26. The highest BCUT2D eigenvalue weighted by Gasteiger charge is 2.08. The van der Waals surface area contributed by atoms with Crippen molar-refractivity contribution in [2.75, 3.05) is 11.9 Å². The van der Waals surface area contributed by atoms with Gasteiger partial charge in [0, 0.05) is 16.6 Å². The molecule has 1 aromatic heterocycles. The molecular formula is C17H16N2O2. The minimum absolute atomic E-state index is 0.0101. The van der Waals surface area contributed by atoms with Crippen LogP contribution < -0.4 is 10.1 Å². The van der Waals surface area contributed by atoms with Crippen molar-refractivity contribution >= 4 is 22.5 Å². The van der Waals surface area contributed by atoms with Crippen LogP contribution in [-0.4, -0.2) is 17.5 Å². The van der Waals surface area contributed by atoms with E-state index in [2.05, 4.69) is 10.3 Å². The summed E-state index contributed by atoms with van der Waals surface area (Å²) in [4.78, 5) is 15.2. The van der Waals surface area contributed by atoms with Crippen molar-refractivity contribution in [2.24, 2.45) is 0 Å². The molecule has 0 unspecified atom stereocenters. The average molecular weight is 280 g/mol. The van der Waals surface area contributed by atoms with Gasteiger partial charge in [-0.3, -0.25) is 4.79 Å². The van der Waals surface area contributed by atoms with Gasteiger partial charge in [0.1, 0.15) is 5.75 Å². The van der Waals surface area contributed by atoms with E-state index < -0.39 is 0 Å². The SMILES string of the molecule is Cc1cc2c(NC(=O)COc3ccccc3)cccc2[nH]1. The number of ether oxygens (including phenoxy) is 1. The molecule has 0 radical (unpaired) electrons. The number of aryl methyl sites for hydroxylation is 1. The number of H-pyrrole nitrogens is 1. The molecule has 4 nitrogen and oxygen atoms in total. The molecule has 106 valence electrons. The molecule has 1 amide bonds. The third kappa shape index (κ3) is 3.05. The van der Waals surface area contributed by atoms with Crippen molar-refractivity contribution < 1.29 is 9.53 Å². The summed E-state index contributed by atoms with van der Waals surface area (Å²) in [5.41, 5.74) is 2.86. The number of nitrogens with one attached hydrogen (secondary N) is 2. The molecule has 0 atom stereocenters. The van der Waals surface area contributed by atoms with E-state index in [1.165, 1.54) is 0 Å². The predicted molar refractivity (Wildman–Crippen MR) is 83.6 cm³/mol. The molecule has 4 heteroatoms. The van der Waals surface area contributed by atoms with Gasteiger partial charge in [-0.25, -0.2) is 0 Å². The van der Waals surface area contributed by atoms with Gasteiger partial charge in [-0.15, -0.1) is 0 Å². The Labute approximate surface area is 122 Å². The van der Waals surface area contributed by atoms with Crippen LogP contribution in [0.15, 0.2) is 54.6 Å². The maximum atomic E-state index is 12.0. The van der Waals surface area contributed by atoms with E-state index in [0.29, 0.717) is 5.75 Å². The Morgan fingerprint density at radius 1 is 1.14 bits per heavy atom. The third-order valence-electron chi connectivity index (χ3n) is 3.19. The summed E-state index contributed by atoms with van der Waals surface area (Å²) < 4.78 is 5.44. The molecule has 2 N–H and O–H groups in total. The highest BCUT2D eigenvalue weighted by atomic mass is 16.5. The number of fused-ring (bicyclic) bond motifs is 1. The standard InChI is InChI=1S/C17H16N2O2/c1-12-10-14-15(18-12)8-5-9-16(14)19-17(20)11-21-13-6-3-2-4-7-13/h2-10,18H,11H2,1H3,(H,19,20). The Balaban J connectivity index is 1.69. The zero-order valence-corrected chi connectivity index (χ0v) is 11.7. The first-order valence-corrected chi connectivity index (χ1v) is 6.78. The topological polar surface area (TPSA) is 54.1 Å². The molecule has 0 spiro atoms. The lowest BCUT2D eigenvalue weighted by molar-refractivity contribution is -0.118. The van der Waals surface area contributed by atoms with Gasteiger partial charge in [-0.05, 0) is 37.3 Å². The fraction of sp³-hybridized carbons (Fsp3) is 0.118. The number of benzene rings is 2. The molecule has 0 saturated carbocycles. The number of carbonyl (C=O) groups is 1. The van der Waals surface area contributed by atoms with E-state index in [1.54, 1.807) is 0 Å². The van der Waals surface area contributed by atoms with Crippen LogP contribution in [0.4, 0.5) is 5.69 Å². The summed E-state index contributed by atoms with van der Waals surface area (Å²) in [7, 11) is 0. The van der Waals surface area contributed by atoms with Crippen LogP contribution in [0.1, 0.15) is 5.69 Å². The Morgan fingerprint density at radius 2 is 1.95 bits per heavy atom. The van der Waals surface area contributed by atoms with Gasteiger partial charge in [0.25, 0.3) is 5.91 Å². The van der Waals surface area contributed by atoms with E-state index in [1.807, 2.05) is 61.5 Å². The summed E-state index contributed by atoms with van der Waals surface area (Å²) in [6.07, 6.45) is 0. The van der Waals surface area contributed by atoms with Gasteiger partial charge >= 0.3 is 0 Å². The number of hydrogen-bond donors (Lipinski definition) is 2. The normalized spacial score (nSPS) is 10.5. The second kappa shape index (κ2) is 5.71. The quantitative estimate of drug-likeness (QED) is 0.768.